The summed E-state index contributed by atoms with van der Waals surface area (Å²) in [6.45, 7) is 0. The van der Waals surface area contributed by atoms with Gasteiger partial charge in [0.2, 0.25) is 5.91 Å². The van der Waals surface area contributed by atoms with Crippen LogP contribution >= 0.6 is 34.4 Å². The Morgan fingerprint density at radius 3 is 2.79 bits per heavy atom. The Morgan fingerprint density at radius 2 is 2.00 bits per heavy atom. The minimum atomic E-state index is -0.118. The van der Waals surface area contributed by atoms with Gasteiger partial charge in [-0.2, -0.15) is 0 Å². The Labute approximate surface area is 179 Å². The summed E-state index contributed by atoms with van der Waals surface area (Å²) in [5.41, 5.74) is 2.49. The van der Waals surface area contributed by atoms with Crippen LogP contribution in [-0.4, -0.2) is 35.8 Å². The number of fused-ring (bicyclic) bond motifs is 1. The number of methoxy groups -OCH3 is 2. The van der Waals surface area contributed by atoms with Gasteiger partial charge >= 0.3 is 0 Å². The van der Waals surface area contributed by atoms with E-state index >= 15 is 0 Å². The Kier molecular flexibility index (Phi) is 5.98. The van der Waals surface area contributed by atoms with Crippen LogP contribution < -0.4 is 14.8 Å². The van der Waals surface area contributed by atoms with E-state index in [1.54, 1.807) is 25.6 Å². The molecule has 29 heavy (non-hydrogen) atoms. The van der Waals surface area contributed by atoms with Crippen molar-refractivity contribution in [2.75, 3.05) is 25.3 Å². The van der Waals surface area contributed by atoms with Crippen molar-refractivity contribution in [2.24, 2.45) is 0 Å². The molecule has 0 aliphatic rings. The van der Waals surface area contributed by atoms with Crippen LogP contribution in [0.15, 0.2) is 52.2 Å². The molecule has 0 bridgehead atoms. The first-order valence-electron chi connectivity index (χ1n) is 8.62. The monoisotopic (exact) mass is 443 g/mol. The maximum absolute atomic E-state index is 12.3. The van der Waals surface area contributed by atoms with Gasteiger partial charge in [-0.15, -0.1) is 22.7 Å². The SMILES string of the molecule is COc1ccc(OC)c(-c2csc(NC(=O)CSc3nc4ccccc4s3)n2)c1. The minimum Gasteiger partial charge on any atom is -0.497 e. The van der Waals surface area contributed by atoms with Gasteiger partial charge < -0.3 is 14.8 Å². The number of thiazole rings is 2. The van der Waals surface area contributed by atoms with Crippen LogP contribution in [-0.2, 0) is 4.79 Å². The third-order valence-corrected chi connectivity index (χ3v) is 6.97. The maximum Gasteiger partial charge on any atom is 0.236 e. The molecule has 0 spiro atoms. The molecule has 1 N–H and O–H groups in total. The molecule has 2 aromatic carbocycles. The van der Waals surface area contributed by atoms with Crippen LogP contribution in [0.2, 0.25) is 0 Å². The fraction of sp³-hybridized carbons (Fsp3) is 0.150. The second kappa shape index (κ2) is 8.81. The molecule has 148 valence electrons. The number of hydrogen-bond donors (Lipinski definition) is 1. The van der Waals surface area contributed by atoms with Crippen molar-refractivity contribution in [3.63, 3.8) is 0 Å². The van der Waals surface area contributed by atoms with Crippen molar-refractivity contribution >= 4 is 55.7 Å². The number of nitrogens with zero attached hydrogens (tertiary/aromatic N) is 2. The largest absolute Gasteiger partial charge is 0.497 e. The molecule has 2 aromatic heterocycles. The number of ether oxygens (including phenoxy) is 2. The van der Waals surface area contributed by atoms with E-state index < -0.39 is 0 Å². The van der Waals surface area contributed by atoms with Crippen molar-refractivity contribution in [1.82, 2.24) is 9.97 Å². The smallest absolute Gasteiger partial charge is 0.236 e. The van der Waals surface area contributed by atoms with E-state index in [0.29, 0.717) is 16.6 Å². The molecule has 6 nitrogen and oxygen atoms in total. The van der Waals surface area contributed by atoms with E-state index in [1.807, 2.05) is 47.8 Å². The first kappa shape index (κ1) is 19.7. The molecule has 4 rings (SSSR count). The zero-order valence-electron chi connectivity index (χ0n) is 15.7. The number of thioether (sulfide) groups is 1. The van der Waals surface area contributed by atoms with Crippen LogP contribution in [0.4, 0.5) is 5.13 Å². The fourth-order valence-electron chi connectivity index (χ4n) is 2.66. The minimum absolute atomic E-state index is 0.118. The number of hydrogen-bond acceptors (Lipinski definition) is 8. The highest BCUT2D eigenvalue weighted by Gasteiger charge is 2.14. The summed E-state index contributed by atoms with van der Waals surface area (Å²) in [6.07, 6.45) is 0. The zero-order valence-corrected chi connectivity index (χ0v) is 18.1. The van der Waals surface area contributed by atoms with Gasteiger partial charge in [0.15, 0.2) is 9.47 Å². The molecule has 0 unspecified atom stereocenters. The summed E-state index contributed by atoms with van der Waals surface area (Å²) < 4.78 is 12.7. The third-order valence-electron chi connectivity index (χ3n) is 4.03. The Bertz CT molecular complexity index is 1120. The molecule has 2 heterocycles. The summed E-state index contributed by atoms with van der Waals surface area (Å²) in [4.78, 5) is 21.4. The maximum atomic E-state index is 12.3. The first-order valence-corrected chi connectivity index (χ1v) is 11.3. The Morgan fingerprint density at radius 1 is 1.14 bits per heavy atom. The molecule has 0 atom stereocenters. The van der Waals surface area contributed by atoms with Crippen LogP contribution in [0.1, 0.15) is 0 Å². The van der Waals surface area contributed by atoms with E-state index in [9.17, 15) is 4.79 Å². The van der Waals surface area contributed by atoms with Gasteiger partial charge in [-0.05, 0) is 30.3 Å². The van der Waals surface area contributed by atoms with Crippen molar-refractivity contribution in [3.05, 3.63) is 47.8 Å². The molecular weight excluding hydrogens is 426 g/mol. The van der Waals surface area contributed by atoms with Gasteiger partial charge in [-0.1, -0.05) is 23.9 Å². The molecule has 1 amide bonds. The number of rotatable bonds is 7. The van der Waals surface area contributed by atoms with Crippen molar-refractivity contribution in [3.8, 4) is 22.8 Å². The van der Waals surface area contributed by atoms with Crippen molar-refractivity contribution in [2.45, 2.75) is 4.34 Å². The molecule has 0 radical (unpaired) electrons. The van der Waals surface area contributed by atoms with E-state index in [4.69, 9.17) is 9.47 Å². The number of anilines is 1. The van der Waals surface area contributed by atoms with E-state index in [1.165, 1.54) is 23.1 Å². The lowest BCUT2D eigenvalue weighted by Crippen LogP contribution is -2.13. The van der Waals surface area contributed by atoms with Gasteiger partial charge in [0.25, 0.3) is 0 Å². The molecule has 0 aliphatic carbocycles. The summed E-state index contributed by atoms with van der Waals surface area (Å²) in [7, 11) is 3.22. The van der Waals surface area contributed by atoms with Crippen LogP contribution in [0.25, 0.3) is 21.5 Å². The summed E-state index contributed by atoms with van der Waals surface area (Å²) in [6, 6.07) is 13.5. The highest BCUT2D eigenvalue weighted by atomic mass is 32.2. The number of carbonyl (C=O) groups is 1. The predicted octanol–water partition coefficient (Wildman–Crippen LogP) is 5.17. The number of nitrogens with one attached hydrogen (secondary N) is 1. The van der Waals surface area contributed by atoms with Crippen molar-refractivity contribution in [1.29, 1.82) is 0 Å². The van der Waals surface area contributed by atoms with Crippen molar-refractivity contribution < 1.29 is 14.3 Å². The van der Waals surface area contributed by atoms with Gasteiger partial charge in [0, 0.05) is 10.9 Å². The number of carbonyl (C=O) groups excluding carboxylic acids is 1. The first-order chi connectivity index (χ1) is 14.2. The number of para-hydroxylation sites is 1. The molecule has 4 aromatic rings. The second-order valence-electron chi connectivity index (χ2n) is 5.89. The van der Waals surface area contributed by atoms with E-state index in [0.717, 1.165) is 25.8 Å². The third kappa shape index (κ3) is 4.52. The number of benzene rings is 2. The lowest BCUT2D eigenvalue weighted by molar-refractivity contribution is -0.113. The van der Waals surface area contributed by atoms with Crippen LogP contribution in [0, 0.1) is 0 Å². The van der Waals surface area contributed by atoms with Gasteiger partial charge in [-0.3, -0.25) is 4.79 Å². The quantitative estimate of drug-likeness (QED) is 0.397. The Hall–Kier alpha value is -2.62. The standard InChI is InChI=1S/C20H17N3O3S3/c1-25-12-7-8-16(26-2)13(9-12)15-10-27-19(21-15)23-18(24)11-28-20-22-14-5-3-4-6-17(14)29-20/h3-10H,11H2,1-2H3,(H,21,23,24). The summed E-state index contributed by atoms with van der Waals surface area (Å²) >= 11 is 4.38. The second-order valence-corrected chi connectivity index (χ2v) is 9.00. The van der Waals surface area contributed by atoms with E-state index in [2.05, 4.69) is 15.3 Å². The summed E-state index contributed by atoms with van der Waals surface area (Å²) in [5.74, 6) is 1.57. The fourth-order valence-corrected chi connectivity index (χ4v) is 5.26. The molecule has 0 saturated carbocycles. The summed E-state index contributed by atoms with van der Waals surface area (Å²) in [5, 5.41) is 5.28. The van der Waals surface area contributed by atoms with Crippen LogP contribution in [0.3, 0.4) is 0 Å². The molecule has 9 heteroatoms. The average Bonchev–Trinajstić information content (AvgIpc) is 3.38. The highest BCUT2D eigenvalue weighted by Crippen LogP contribution is 2.35. The van der Waals surface area contributed by atoms with Gasteiger partial charge in [-0.25, -0.2) is 9.97 Å². The number of aromatic nitrogens is 2. The molecule has 0 aliphatic heterocycles. The van der Waals surface area contributed by atoms with E-state index in [-0.39, 0.29) is 11.7 Å². The van der Waals surface area contributed by atoms with Crippen LogP contribution in [0.5, 0.6) is 11.5 Å². The van der Waals surface area contributed by atoms with Gasteiger partial charge in [0.1, 0.15) is 11.5 Å². The Balaban J connectivity index is 1.41. The predicted molar refractivity (Wildman–Crippen MR) is 120 cm³/mol. The topological polar surface area (TPSA) is 73.3 Å². The highest BCUT2D eigenvalue weighted by molar-refractivity contribution is 8.01. The molecule has 0 fully saturated rings. The molecule has 0 saturated heterocycles. The molecular formula is C20H17N3O3S3. The average molecular weight is 444 g/mol. The zero-order chi connectivity index (χ0) is 20.2. The lowest BCUT2D eigenvalue weighted by Gasteiger charge is -2.08. The normalized spacial score (nSPS) is 10.8. The lowest BCUT2D eigenvalue weighted by atomic mass is 10.1. The number of amides is 1. The van der Waals surface area contributed by atoms with Gasteiger partial charge in [0.05, 0.1) is 35.9 Å².